The first-order chi connectivity index (χ1) is 14.6. The lowest BCUT2D eigenvalue weighted by Gasteiger charge is -2.44. The fourth-order valence-corrected chi connectivity index (χ4v) is 4.55. The van der Waals surface area contributed by atoms with E-state index in [2.05, 4.69) is 44.3 Å². The fraction of sp³-hybridized carbons (Fsp3) is 0.538. The molecule has 3 rings (SSSR count). The number of hydrogen-bond acceptors (Lipinski definition) is 3. The highest BCUT2D eigenvalue weighted by Gasteiger charge is 2.41. The smallest absolute Gasteiger partial charge is 0.126 e. The molecule has 3 atom stereocenters. The molecule has 1 aliphatic rings. The summed E-state index contributed by atoms with van der Waals surface area (Å²) in [7, 11) is 0. The molecule has 1 aliphatic carbocycles. The molecule has 3 unspecified atom stereocenters. The Morgan fingerprint density at radius 1 is 1.10 bits per heavy atom. The molecule has 2 aromatic rings. The molecule has 1 saturated carbocycles. The van der Waals surface area contributed by atoms with Crippen molar-refractivity contribution in [1.29, 1.82) is 0 Å². The van der Waals surface area contributed by atoms with Crippen LogP contribution in [0.15, 0.2) is 42.5 Å². The van der Waals surface area contributed by atoms with Crippen molar-refractivity contribution in [3.8, 4) is 0 Å². The molecule has 0 aromatic heterocycles. The van der Waals surface area contributed by atoms with Crippen LogP contribution in [0.4, 0.5) is 8.78 Å². The molecule has 0 heterocycles. The zero-order valence-corrected chi connectivity index (χ0v) is 18.8. The van der Waals surface area contributed by atoms with Crippen LogP contribution in [0.1, 0.15) is 69.6 Å². The second-order valence-corrected chi connectivity index (χ2v) is 9.91. The third-order valence-corrected chi connectivity index (χ3v) is 6.45. The van der Waals surface area contributed by atoms with Crippen LogP contribution in [0, 0.1) is 11.6 Å². The summed E-state index contributed by atoms with van der Waals surface area (Å²) < 4.78 is 26.8. The minimum absolute atomic E-state index is 0.00341. The van der Waals surface area contributed by atoms with Crippen LogP contribution in [0.3, 0.4) is 0 Å². The molecule has 2 aromatic carbocycles. The van der Waals surface area contributed by atoms with Gasteiger partial charge in [0.1, 0.15) is 11.6 Å². The Labute approximate surface area is 184 Å². The van der Waals surface area contributed by atoms with Crippen molar-refractivity contribution in [2.75, 3.05) is 6.54 Å². The van der Waals surface area contributed by atoms with E-state index in [4.69, 9.17) is 0 Å². The van der Waals surface area contributed by atoms with Gasteiger partial charge in [0, 0.05) is 12.6 Å². The van der Waals surface area contributed by atoms with Gasteiger partial charge in [-0.15, -0.1) is 0 Å². The Balaban J connectivity index is 1.73. The quantitative estimate of drug-likeness (QED) is 0.580. The van der Waals surface area contributed by atoms with E-state index in [1.807, 2.05) is 6.07 Å². The van der Waals surface area contributed by atoms with Crippen LogP contribution in [-0.4, -0.2) is 29.0 Å². The standard InChI is InChI=1S/C26H35F2NO2/c1-25(2,3)19-7-6-8-20(15-19)26(12-5-4-9-24(26)31)29-17-23(30)11-10-18-13-21(27)16-22(28)14-18/h6-8,13-16,23-24,29-31H,4-5,9-12,17H2,1-3H3. The number of aliphatic hydroxyl groups excluding tert-OH is 2. The topological polar surface area (TPSA) is 52.5 Å². The van der Waals surface area contributed by atoms with Gasteiger partial charge in [0.15, 0.2) is 0 Å². The SMILES string of the molecule is CC(C)(C)c1cccc(C2(NCC(O)CCc3cc(F)cc(F)c3)CCCCC2O)c1. The number of benzene rings is 2. The zero-order valence-electron chi connectivity index (χ0n) is 18.8. The summed E-state index contributed by atoms with van der Waals surface area (Å²) in [6.45, 7) is 6.81. The third kappa shape index (κ3) is 5.91. The predicted octanol–water partition coefficient (Wildman–Crippen LogP) is 4.98. The van der Waals surface area contributed by atoms with E-state index in [0.29, 0.717) is 31.4 Å². The van der Waals surface area contributed by atoms with Gasteiger partial charge in [-0.1, -0.05) is 57.9 Å². The molecule has 0 spiro atoms. The first-order valence-corrected chi connectivity index (χ1v) is 11.3. The molecule has 0 saturated heterocycles. The van der Waals surface area contributed by atoms with Crippen LogP contribution >= 0.6 is 0 Å². The summed E-state index contributed by atoms with van der Waals surface area (Å²) in [6.07, 6.45) is 3.02. The highest BCUT2D eigenvalue weighted by Crippen LogP contribution is 2.39. The normalized spacial score (nSPS) is 23.0. The molecule has 5 heteroatoms. The van der Waals surface area contributed by atoms with E-state index in [1.54, 1.807) is 0 Å². The van der Waals surface area contributed by atoms with Crippen LogP contribution in [-0.2, 0) is 17.4 Å². The summed E-state index contributed by atoms with van der Waals surface area (Å²) in [6, 6.07) is 11.8. The average molecular weight is 432 g/mol. The summed E-state index contributed by atoms with van der Waals surface area (Å²) in [5.74, 6) is -1.21. The Kier molecular flexibility index (Phi) is 7.51. The average Bonchev–Trinajstić information content (AvgIpc) is 2.71. The van der Waals surface area contributed by atoms with Crippen molar-refractivity contribution in [2.45, 2.75) is 82.5 Å². The predicted molar refractivity (Wildman–Crippen MR) is 120 cm³/mol. The highest BCUT2D eigenvalue weighted by atomic mass is 19.1. The Morgan fingerprint density at radius 3 is 2.45 bits per heavy atom. The molecular weight excluding hydrogens is 396 g/mol. The third-order valence-electron chi connectivity index (χ3n) is 6.45. The van der Waals surface area contributed by atoms with Gasteiger partial charge in [0.05, 0.1) is 17.7 Å². The van der Waals surface area contributed by atoms with Crippen LogP contribution < -0.4 is 5.32 Å². The lowest BCUT2D eigenvalue weighted by Crippen LogP contribution is -2.55. The molecule has 3 N–H and O–H groups in total. The second-order valence-electron chi connectivity index (χ2n) is 9.91. The Hall–Kier alpha value is -1.82. The van der Waals surface area contributed by atoms with Gasteiger partial charge in [0.2, 0.25) is 0 Å². The van der Waals surface area contributed by atoms with E-state index in [1.165, 1.54) is 17.7 Å². The molecule has 31 heavy (non-hydrogen) atoms. The molecule has 0 radical (unpaired) electrons. The summed E-state index contributed by atoms with van der Waals surface area (Å²) >= 11 is 0. The minimum Gasteiger partial charge on any atom is -0.392 e. The zero-order chi connectivity index (χ0) is 22.6. The van der Waals surface area contributed by atoms with Gasteiger partial charge in [-0.3, -0.25) is 0 Å². The Morgan fingerprint density at radius 2 is 1.81 bits per heavy atom. The van der Waals surface area contributed by atoms with Crippen molar-refractivity contribution in [1.82, 2.24) is 5.32 Å². The maximum atomic E-state index is 13.4. The minimum atomic E-state index is -0.692. The number of nitrogens with one attached hydrogen (secondary N) is 1. The molecule has 170 valence electrons. The van der Waals surface area contributed by atoms with E-state index < -0.39 is 29.4 Å². The number of aryl methyl sites for hydroxylation is 1. The molecule has 0 bridgehead atoms. The highest BCUT2D eigenvalue weighted by molar-refractivity contribution is 5.35. The largest absolute Gasteiger partial charge is 0.392 e. The summed E-state index contributed by atoms with van der Waals surface area (Å²) in [4.78, 5) is 0. The van der Waals surface area contributed by atoms with Crippen LogP contribution in [0.2, 0.25) is 0 Å². The molecule has 0 aliphatic heterocycles. The number of rotatable bonds is 7. The molecular formula is C26H35F2NO2. The Bertz CT molecular complexity index is 860. The van der Waals surface area contributed by atoms with Crippen molar-refractivity contribution in [3.63, 3.8) is 0 Å². The monoisotopic (exact) mass is 431 g/mol. The van der Waals surface area contributed by atoms with E-state index in [9.17, 15) is 19.0 Å². The number of halogens is 2. The van der Waals surface area contributed by atoms with Crippen molar-refractivity contribution in [3.05, 3.63) is 70.8 Å². The fourth-order valence-electron chi connectivity index (χ4n) is 4.55. The van der Waals surface area contributed by atoms with E-state index >= 15 is 0 Å². The molecule has 0 amide bonds. The maximum Gasteiger partial charge on any atom is 0.126 e. The lowest BCUT2D eigenvalue weighted by atomic mass is 9.72. The molecule has 1 fully saturated rings. The number of hydrogen-bond donors (Lipinski definition) is 3. The lowest BCUT2D eigenvalue weighted by molar-refractivity contribution is 0.0116. The van der Waals surface area contributed by atoms with E-state index in [0.717, 1.165) is 30.9 Å². The number of aliphatic hydroxyl groups is 2. The summed E-state index contributed by atoms with van der Waals surface area (Å²) in [5, 5.41) is 25.1. The summed E-state index contributed by atoms with van der Waals surface area (Å²) in [5.41, 5.74) is 2.17. The first-order valence-electron chi connectivity index (χ1n) is 11.3. The van der Waals surface area contributed by atoms with Gasteiger partial charge in [0.25, 0.3) is 0 Å². The van der Waals surface area contributed by atoms with Gasteiger partial charge in [-0.2, -0.15) is 0 Å². The van der Waals surface area contributed by atoms with Gasteiger partial charge >= 0.3 is 0 Å². The van der Waals surface area contributed by atoms with Crippen molar-refractivity contribution < 1.29 is 19.0 Å². The second kappa shape index (κ2) is 9.76. The van der Waals surface area contributed by atoms with Crippen molar-refractivity contribution >= 4 is 0 Å². The van der Waals surface area contributed by atoms with E-state index in [-0.39, 0.29) is 5.41 Å². The van der Waals surface area contributed by atoms with Crippen LogP contribution in [0.5, 0.6) is 0 Å². The van der Waals surface area contributed by atoms with Gasteiger partial charge in [-0.25, -0.2) is 8.78 Å². The van der Waals surface area contributed by atoms with Gasteiger partial charge < -0.3 is 15.5 Å². The molecule has 3 nitrogen and oxygen atoms in total. The van der Waals surface area contributed by atoms with Gasteiger partial charge in [-0.05, 0) is 59.9 Å². The van der Waals surface area contributed by atoms with Crippen LogP contribution in [0.25, 0.3) is 0 Å². The first kappa shape index (κ1) is 23.8. The maximum absolute atomic E-state index is 13.4. The van der Waals surface area contributed by atoms with Crippen molar-refractivity contribution in [2.24, 2.45) is 0 Å².